The first-order valence-electron chi connectivity index (χ1n) is 6.42. The Morgan fingerprint density at radius 3 is 2.59 bits per heavy atom. The molecule has 1 aromatic heterocycles. The number of nitrogens with zero attached hydrogens (tertiary/aromatic N) is 1. The monoisotopic (exact) mass is 343 g/mol. The second-order valence-corrected chi connectivity index (χ2v) is 7.18. The van der Waals surface area contributed by atoms with Gasteiger partial charge in [0.25, 0.3) is 0 Å². The summed E-state index contributed by atoms with van der Waals surface area (Å²) in [5.74, 6) is -1.40. The number of fused-ring (bicyclic) bond motifs is 1. The van der Waals surface area contributed by atoms with Crippen molar-refractivity contribution < 1.29 is 30.0 Å². The van der Waals surface area contributed by atoms with E-state index in [1.54, 1.807) is 0 Å². The number of benzene rings is 1. The summed E-state index contributed by atoms with van der Waals surface area (Å²) in [5, 5.41) is 38.4. The molecule has 9 heteroatoms. The maximum Gasteiger partial charge on any atom is 0.335 e. The van der Waals surface area contributed by atoms with Crippen LogP contribution in [0.25, 0.3) is 10.2 Å². The number of aliphatic carboxylic acids is 1. The van der Waals surface area contributed by atoms with Crippen LogP contribution in [0.4, 0.5) is 0 Å². The van der Waals surface area contributed by atoms with Gasteiger partial charge in [-0.15, -0.1) is 11.3 Å². The Labute approximate surface area is 133 Å². The molecule has 2 aromatic rings. The first-order chi connectivity index (χ1) is 10.5. The van der Waals surface area contributed by atoms with E-state index in [-0.39, 0.29) is 0 Å². The zero-order valence-corrected chi connectivity index (χ0v) is 12.7. The van der Waals surface area contributed by atoms with Crippen molar-refractivity contribution in [1.82, 2.24) is 4.98 Å². The molecule has 1 aliphatic rings. The highest BCUT2D eigenvalue weighted by atomic mass is 32.2. The highest BCUT2D eigenvalue weighted by Gasteiger charge is 2.47. The van der Waals surface area contributed by atoms with Crippen molar-refractivity contribution in [3.05, 3.63) is 24.3 Å². The zero-order chi connectivity index (χ0) is 15.9. The number of carboxylic acids is 1. The van der Waals surface area contributed by atoms with Crippen molar-refractivity contribution in [3.8, 4) is 0 Å². The molecule has 1 aliphatic heterocycles. The van der Waals surface area contributed by atoms with Gasteiger partial charge in [-0.2, -0.15) is 0 Å². The van der Waals surface area contributed by atoms with Crippen LogP contribution in [0.15, 0.2) is 28.6 Å². The molecule has 1 fully saturated rings. The van der Waals surface area contributed by atoms with E-state index in [4.69, 9.17) is 9.84 Å². The second kappa shape index (κ2) is 6.11. The highest BCUT2D eigenvalue weighted by molar-refractivity contribution is 8.01. The van der Waals surface area contributed by atoms with Gasteiger partial charge in [0, 0.05) is 0 Å². The van der Waals surface area contributed by atoms with E-state index in [9.17, 15) is 20.1 Å². The number of aliphatic hydroxyl groups excluding tert-OH is 3. The summed E-state index contributed by atoms with van der Waals surface area (Å²) in [6, 6.07) is 7.46. The van der Waals surface area contributed by atoms with Crippen LogP contribution in [-0.4, -0.2) is 61.2 Å². The first-order valence-corrected chi connectivity index (χ1v) is 8.11. The SMILES string of the molecule is O=C(O)C1OC(Sc2nc3ccccc3s2)C(O)C(O)C1O. The van der Waals surface area contributed by atoms with E-state index in [2.05, 4.69) is 4.98 Å². The summed E-state index contributed by atoms with van der Waals surface area (Å²) in [6.07, 6.45) is -6.28. The van der Waals surface area contributed by atoms with Crippen LogP contribution in [0.3, 0.4) is 0 Å². The van der Waals surface area contributed by atoms with Crippen molar-refractivity contribution >= 4 is 39.3 Å². The molecule has 1 aromatic carbocycles. The molecule has 0 radical (unpaired) electrons. The lowest BCUT2D eigenvalue weighted by Gasteiger charge is -2.38. The lowest BCUT2D eigenvalue weighted by Crippen LogP contribution is -2.58. The molecule has 5 atom stereocenters. The number of ether oxygens (including phenoxy) is 1. The van der Waals surface area contributed by atoms with Crippen LogP contribution >= 0.6 is 23.1 Å². The lowest BCUT2D eigenvalue weighted by atomic mass is 10.0. The van der Waals surface area contributed by atoms with E-state index in [0.717, 1.165) is 22.0 Å². The number of thioether (sulfide) groups is 1. The molecule has 0 aliphatic carbocycles. The van der Waals surface area contributed by atoms with E-state index >= 15 is 0 Å². The van der Waals surface area contributed by atoms with Crippen molar-refractivity contribution in [1.29, 1.82) is 0 Å². The summed E-state index contributed by atoms with van der Waals surface area (Å²) >= 11 is 2.40. The summed E-state index contributed by atoms with van der Waals surface area (Å²) < 4.78 is 6.74. The third-order valence-electron chi connectivity index (χ3n) is 3.30. The maximum atomic E-state index is 11.1. The Kier molecular flexibility index (Phi) is 4.35. The topological polar surface area (TPSA) is 120 Å². The molecule has 0 spiro atoms. The normalized spacial score (nSPS) is 32.2. The van der Waals surface area contributed by atoms with Crippen LogP contribution in [0, 0.1) is 0 Å². The minimum atomic E-state index is -1.68. The third-order valence-corrected chi connectivity index (χ3v) is 5.59. The molecule has 118 valence electrons. The zero-order valence-electron chi connectivity index (χ0n) is 11.1. The van der Waals surface area contributed by atoms with Gasteiger partial charge in [0.15, 0.2) is 10.4 Å². The number of carbonyl (C=O) groups is 1. The predicted octanol–water partition coefficient (Wildman–Crippen LogP) is 0.281. The summed E-state index contributed by atoms with van der Waals surface area (Å²) in [7, 11) is 0. The van der Waals surface area contributed by atoms with Crippen LogP contribution in [0.2, 0.25) is 0 Å². The van der Waals surface area contributed by atoms with E-state index in [1.165, 1.54) is 11.3 Å². The highest BCUT2D eigenvalue weighted by Crippen LogP contribution is 2.37. The Bertz CT molecular complexity index is 659. The minimum Gasteiger partial charge on any atom is -0.479 e. The van der Waals surface area contributed by atoms with E-state index in [1.807, 2.05) is 24.3 Å². The van der Waals surface area contributed by atoms with Gasteiger partial charge in [0.2, 0.25) is 0 Å². The maximum absolute atomic E-state index is 11.1. The Hall–Kier alpha value is -1.23. The van der Waals surface area contributed by atoms with Gasteiger partial charge in [0.05, 0.1) is 10.2 Å². The fourth-order valence-electron chi connectivity index (χ4n) is 2.15. The van der Waals surface area contributed by atoms with Gasteiger partial charge in [0.1, 0.15) is 23.7 Å². The minimum absolute atomic E-state index is 0.581. The molecule has 7 nitrogen and oxygen atoms in total. The van der Waals surface area contributed by atoms with Crippen LogP contribution < -0.4 is 0 Å². The second-order valence-electron chi connectivity index (χ2n) is 4.80. The van der Waals surface area contributed by atoms with Gasteiger partial charge < -0.3 is 25.2 Å². The van der Waals surface area contributed by atoms with E-state index < -0.39 is 35.8 Å². The molecule has 1 saturated heterocycles. The summed E-state index contributed by atoms with van der Waals surface area (Å²) in [5.41, 5.74) is -0.240. The van der Waals surface area contributed by atoms with Crippen LogP contribution in [0.1, 0.15) is 0 Å². The van der Waals surface area contributed by atoms with Gasteiger partial charge in [-0.1, -0.05) is 23.9 Å². The fourth-order valence-corrected chi connectivity index (χ4v) is 4.42. The average Bonchev–Trinajstić information content (AvgIpc) is 2.89. The number of hydrogen-bond donors (Lipinski definition) is 4. The van der Waals surface area contributed by atoms with Gasteiger partial charge >= 0.3 is 5.97 Å². The van der Waals surface area contributed by atoms with Gasteiger partial charge in [-0.25, -0.2) is 9.78 Å². The largest absolute Gasteiger partial charge is 0.479 e. The smallest absolute Gasteiger partial charge is 0.335 e. The summed E-state index contributed by atoms with van der Waals surface area (Å²) in [6.45, 7) is 0. The van der Waals surface area contributed by atoms with E-state index in [0.29, 0.717) is 4.34 Å². The molecule has 0 amide bonds. The summed E-state index contributed by atoms with van der Waals surface area (Å²) in [4.78, 5) is 15.4. The molecule has 2 heterocycles. The van der Waals surface area contributed by atoms with Gasteiger partial charge in [-0.05, 0) is 12.1 Å². The first kappa shape index (κ1) is 15.7. The number of rotatable bonds is 3. The number of hydrogen-bond acceptors (Lipinski definition) is 8. The fraction of sp³-hybridized carbons (Fsp3) is 0.385. The van der Waals surface area contributed by atoms with Crippen molar-refractivity contribution in [2.24, 2.45) is 0 Å². The lowest BCUT2D eigenvalue weighted by molar-refractivity contribution is -0.209. The number of aromatic nitrogens is 1. The van der Waals surface area contributed by atoms with Crippen LogP contribution in [-0.2, 0) is 9.53 Å². The molecule has 22 heavy (non-hydrogen) atoms. The Balaban J connectivity index is 1.82. The Morgan fingerprint density at radius 2 is 1.91 bits per heavy atom. The number of carboxylic acid groups (broad SMARTS) is 1. The van der Waals surface area contributed by atoms with Gasteiger partial charge in [-0.3, -0.25) is 0 Å². The molecular formula is C13H13NO6S2. The number of aliphatic hydroxyl groups is 3. The average molecular weight is 343 g/mol. The predicted molar refractivity (Wildman–Crippen MR) is 79.8 cm³/mol. The van der Waals surface area contributed by atoms with Crippen molar-refractivity contribution in [2.75, 3.05) is 0 Å². The Morgan fingerprint density at radius 1 is 1.18 bits per heavy atom. The molecule has 0 bridgehead atoms. The standard InChI is InChI=1S/C13H13NO6S2/c15-7-8(16)10(11(18)19)20-12(9(7)17)22-13-14-5-3-1-2-4-6(5)21-13/h1-4,7-10,12,15-17H,(H,18,19). The third kappa shape index (κ3) is 2.83. The molecular weight excluding hydrogens is 330 g/mol. The molecule has 4 N–H and O–H groups in total. The van der Waals surface area contributed by atoms with Crippen molar-refractivity contribution in [3.63, 3.8) is 0 Å². The van der Waals surface area contributed by atoms with Crippen LogP contribution in [0.5, 0.6) is 0 Å². The molecule has 5 unspecified atom stereocenters. The number of para-hydroxylation sites is 1. The number of thiazole rings is 1. The molecule has 0 saturated carbocycles. The quantitative estimate of drug-likeness (QED) is 0.627. The van der Waals surface area contributed by atoms with Crippen molar-refractivity contribution in [2.45, 2.75) is 34.2 Å². The molecule has 3 rings (SSSR count).